The van der Waals surface area contributed by atoms with Crippen molar-refractivity contribution in [2.45, 2.75) is 0 Å². The monoisotopic (exact) mass is 288 g/mol. The summed E-state index contributed by atoms with van der Waals surface area (Å²) in [5, 5.41) is 1.84. The van der Waals surface area contributed by atoms with Gasteiger partial charge < -0.3 is 9.30 Å². The fourth-order valence-electron chi connectivity index (χ4n) is 1.43. The predicted molar refractivity (Wildman–Crippen MR) is 83.4 cm³/mol. The van der Waals surface area contributed by atoms with E-state index in [1.165, 1.54) is 7.11 Å². The minimum absolute atomic E-state index is 0.394. The van der Waals surface area contributed by atoms with Gasteiger partial charge in [-0.05, 0) is 0 Å². The second-order valence-corrected chi connectivity index (χ2v) is 5.60. The molecule has 2 aromatic rings. The Balaban J connectivity index is 0.000000286. The van der Waals surface area contributed by atoms with Crippen molar-refractivity contribution in [3.05, 3.63) is 73.3 Å². The van der Waals surface area contributed by atoms with Crippen molar-refractivity contribution in [1.82, 2.24) is 0 Å². The average molecular weight is 288 g/mol. The number of carbonyl (C=O) groups is 1. The first-order valence-electron chi connectivity index (χ1n) is 6.04. The molecule has 2 aromatic carbocycles. The van der Waals surface area contributed by atoms with Crippen LogP contribution >= 0.6 is 7.80 Å². The number of ether oxygens (including phenoxy) is 1. The molecule has 0 spiro atoms. The summed E-state index contributed by atoms with van der Waals surface area (Å²) >= 11 is 0. The number of benzene rings is 2. The minimum atomic E-state index is -1.79. The molecule has 0 amide bonds. The summed E-state index contributed by atoms with van der Waals surface area (Å²) in [5.74, 6) is -0.394. The van der Waals surface area contributed by atoms with Crippen LogP contribution in [0.4, 0.5) is 0 Å². The Morgan fingerprint density at radius 2 is 1.40 bits per heavy atom. The van der Waals surface area contributed by atoms with Gasteiger partial charge in [-0.25, -0.2) is 4.79 Å². The van der Waals surface area contributed by atoms with Crippen molar-refractivity contribution in [3.8, 4) is 0 Å². The van der Waals surface area contributed by atoms with Crippen molar-refractivity contribution in [1.29, 1.82) is 0 Å². The molecule has 0 aliphatic carbocycles. The molecule has 0 saturated heterocycles. The van der Waals surface area contributed by atoms with Crippen molar-refractivity contribution < 1.29 is 14.1 Å². The molecule has 0 bridgehead atoms. The van der Waals surface area contributed by atoms with Crippen LogP contribution in [-0.2, 0) is 14.1 Å². The molecule has 0 N–H and O–H groups in total. The Labute approximate surface area is 119 Å². The molecule has 3 nitrogen and oxygen atoms in total. The summed E-state index contributed by atoms with van der Waals surface area (Å²) in [5.41, 5.74) is 0. The normalized spacial score (nSPS) is 9.30. The zero-order valence-electron chi connectivity index (χ0n) is 11.3. The summed E-state index contributed by atoms with van der Waals surface area (Å²) in [4.78, 5) is 9.84. The van der Waals surface area contributed by atoms with E-state index in [9.17, 15) is 9.36 Å². The van der Waals surface area contributed by atoms with Crippen LogP contribution in [-0.4, -0.2) is 13.1 Å². The first kappa shape index (κ1) is 15.9. The molecule has 0 unspecified atom stereocenters. The lowest BCUT2D eigenvalue weighted by Crippen LogP contribution is -2.04. The van der Waals surface area contributed by atoms with Gasteiger partial charge in [0, 0.05) is 16.7 Å². The fraction of sp³-hybridized carbons (Fsp3) is 0.0625. The topological polar surface area (TPSA) is 43.4 Å². The molecule has 0 saturated carbocycles. The number of methoxy groups -OCH3 is 1. The Morgan fingerprint density at radius 3 is 1.65 bits per heavy atom. The molecule has 0 atom stereocenters. The van der Waals surface area contributed by atoms with Gasteiger partial charge in [0.1, 0.15) is 7.80 Å². The van der Waals surface area contributed by atoms with E-state index in [0.29, 0.717) is 0 Å². The minimum Gasteiger partial charge on any atom is -0.466 e. The van der Waals surface area contributed by atoms with Crippen LogP contribution in [0.3, 0.4) is 0 Å². The van der Waals surface area contributed by atoms with E-state index >= 15 is 0 Å². The molecule has 0 heterocycles. The molecule has 104 valence electrons. The highest BCUT2D eigenvalue weighted by molar-refractivity contribution is 7.61. The van der Waals surface area contributed by atoms with Crippen molar-refractivity contribution in [2.24, 2.45) is 0 Å². The van der Waals surface area contributed by atoms with Crippen LogP contribution in [0.15, 0.2) is 73.3 Å². The molecular formula is C16H17O3P. The van der Waals surface area contributed by atoms with Gasteiger partial charge in [-0.3, -0.25) is 0 Å². The van der Waals surface area contributed by atoms with Crippen LogP contribution in [0.1, 0.15) is 0 Å². The van der Waals surface area contributed by atoms with Gasteiger partial charge >= 0.3 is 5.97 Å². The van der Waals surface area contributed by atoms with Gasteiger partial charge in [0.15, 0.2) is 0 Å². The second-order valence-electron chi connectivity index (χ2n) is 3.79. The molecule has 20 heavy (non-hydrogen) atoms. The Morgan fingerprint density at radius 1 is 1.00 bits per heavy atom. The lowest BCUT2D eigenvalue weighted by Gasteiger charge is -2.01. The number of hydrogen-bond donors (Lipinski definition) is 0. The van der Waals surface area contributed by atoms with Crippen LogP contribution in [0.25, 0.3) is 0 Å². The standard InChI is InChI=1S/C12H11OP.C4H6O2/c13-14(11-7-3-1-4-8-11)12-9-5-2-6-10-12;1-3-4(5)6-2/h1-10,14H;3H,1H2,2H3. The van der Waals surface area contributed by atoms with Crippen molar-refractivity contribution in [3.63, 3.8) is 0 Å². The molecular weight excluding hydrogens is 271 g/mol. The maximum atomic E-state index is 12.0. The van der Waals surface area contributed by atoms with Gasteiger partial charge in [-0.1, -0.05) is 67.2 Å². The van der Waals surface area contributed by atoms with Crippen molar-refractivity contribution >= 4 is 24.4 Å². The number of hydrogen-bond acceptors (Lipinski definition) is 3. The maximum Gasteiger partial charge on any atom is 0.329 e. The highest BCUT2D eigenvalue weighted by atomic mass is 31.1. The zero-order valence-corrected chi connectivity index (χ0v) is 12.3. The first-order valence-corrected chi connectivity index (χ1v) is 7.45. The number of rotatable bonds is 3. The molecule has 2 rings (SSSR count). The molecule has 0 aromatic heterocycles. The smallest absolute Gasteiger partial charge is 0.329 e. The van der Waals surface area contributed by atoms with Crippen molar-refractivity contribution in [2.75, 3.05) is 7.11 Å². The maximum absolute atomic E-state index is 12.0. The summed E-state index contributed by atoms with van der Waals surface area (Å²) in [6.45, 7) is 3.16. The molecule has 4 heteroatoms. The SMILES string of the molecule is C=CC(=O)OC.O=[PH](c1ccccc1)c1ccccc1. The van der Waals surface area contributed by atoms with E-state index in [1.807, 2.05) is 60.7 Å². The number of esters is 1. The fourth-order valence-corrected chi connectivity index (χ4v) is 2.75. The summed E-state index contributed by atoms with van der Waals surface area (Å²) in [6.07, 6.45) is 1.11. The second kappa shape index (κ2) is 8.89. The molecule has 0 aliphatic rings. The average Bonchev–Trinajstić information content (AvgIpc) is 2.55. The largest absolute Gasteiger partial charge is 0.466 e. The van der Waals surface area contributed by atoms with Crippen LogP contribution in [0.2, 0.25) is 0 Å². The highest BCUT2D eigenvalue weighted by Crippen LogP contribution is 2.18. The molecule has 0 radical (unpaired) electrons. The van der Waals surface area contributed by atoms with Gasteiger partial charge in [0.05, 0.1) is 7.11 Å². The molecule has 0 aliphatic heterocycles. The van der Waals surface area contributed by atoms with Gasteiger partial charge in [0.25, 0.3) is 0 Å². The van der Waals surface area contributed by atoms with Crippen LogP contribution in [0.5, 0.6) is 0 Å². The van der Waals surface area contributed by atoms with E-state index < -0.39 is 13.8 Å². The summed E-state index contributed by atoms with van der Waals surface area (Å²) in [7, 11) is -0.485. The molecule has 0 fully saturated rings. The summed E-state index contributed by atoms with van der Waals surface area (Å²) in [6, 6.07) is 19.2. The van der Waals surface area contributed by atoms with Crippen LogP contribution in [0, 0.1) is 0 Å². The van der Waals surface area contributed by atoms with Gasteiger partial charge in [0.2, 0.25) is 0 Å². The number of carbonyl (C=O) groups excluding carboxylic acids is 1. The van der Waals surface area contributed by atoms with Gasteiger partial charge in [-0.15, -0.1) is 0 Å². The van der Waals surface area contributed by atoms with E-state index in [-0.39, 0.29) is 0 Å². The Kier molecular flexibility index (Phi) is 7.08. The first-order chi connectivity index (χ1) is 9.69. The highest BCUT2D eigenvalue weighted by Gasteiger charge is 2.03. The Bertz CT molecular complexity index is 523. The quantitative estimate of drug-likeness (QED) is 0.495. The Hall–Kier alpha value is -2.12. The van der Waals surface area contributed by atoms with Gasteiger partial charge in [-0.2, -0.15) is 0 Å². The third-order valence-electron chi connectivity index (χ3n) is 2.44. The van der Waals surface area contributed by atoms with E-state index in [1.54, 1.807) is 0 Å². The zero-order chi connectivity index (χ0) is 14.8. The third-order valence-corrected chi connectivity index (χ3v) is 4.16. The van der Waals surface area contributed by atoms with Crippen LogP contribution < -0.4 is 10.6 Å². The predicted octanol–water partition coefficient (Wildman–Crippen LogP) is 2.54. The third kappa shape index (κ3) is 5.25. The van der Waals surface area contributed by atoms with E-state index in [0.717, 1.165) is 16.7 Å². The lowest BCUT2D eigenvalue weighted by atomic mass is 10.4. The summed E-state index contributed by atoms with van der Waals surface area (Å²) < 4.78 is 16.2. The lowest BCUT2D eigenvalue weighted by molar-refractivity contribution is -0.134. The van der Waals surface area contributed by atoms with E-state index in [4.69, 9.17) is 0 Å². The van der Waals surface area contributed by atoms with E-state index in [2.05, 4.69) is 11.3 Å².